The smallest absolute Gasteiger partial charge is 0.251 e. The van der Waals surface area contributed by atoms with Gasteiger partial charge in [0, 0.05) is 65.8 Å². The fourth-order valence-corrected chi connectivity index (χ4v) is 8.03. The summed E-state index contributed by atoms with van der Waals surface area (Å²) in [5, 5.41) is 14.8. The molecule has 17 nitrogen and oxygen atoms in total. The monoisotopic (exact) mass is 943 g/mol. The average molecular weight is 944 g/mol. The van der Waals surface area contributed by atoms with Crippen LogP contribution in [-0.2, 0) is 16.4 Å². The van der Waals surface area contributed by atoms with E-state index in [0.29, 0.717) is 56.8 Å². The lowest BCUT2D eigenvalue weighted by atomic mass is 10.1. The van der Waals surface area contributed by atoms with Gasteiger partial charge in [-0.25, -0.2) is 23.4 Å². The summed E-state index contributed by atoms with van der Waals surface area (Å²) in [4.78, 5) is 21.5. The maximum absolute atomic E-state index is 12.3. The maximum Gasteiger partial charge on any atom is 0.251 e. The number of hydrogen-bond donors (Lipinski definition) is 5. The van der Waals surface area contributed by atoms with E-state index < -0.39 is 25.7 Å². The molecular formula is C47H65N11O6S2. The van der Waals surface area contributed by atoms with Crippen LogP contribution in [0.25, 0.3) is 68.0 Å². The fourth-order valence-electron chi connectivity index (χ4n) is 6.13. The maximum atomic E-state index is 12.3. The van der Waals surface area contributed by atoms with Crippen LogP contribution in [0.3, 0.4) is 0 Å². The van der Waals surface area contributed by atoms with Gasteiger partial charge in [-0.1, -0.05) is 62.0 Å². The highest BCUT2D eigenvalue weighted by molar-refractivity contribution is 8.24. The minimum absolute atomic E-state index is 0. The van der Waals surface area contributed by atoms with E-state index in [1.165, 1.54) is 18.6 Å². The molecule has 0 amide bonds. The zero-order valence-corrected chi connectivity index (χ0v) is 37.5. The first kappa shape index (κ1) is 50.1. The summed E-state index contributed by atoms with van der Waals surface area (Å²) >= 11 is 0. The van der Waals surface area contributed by atoms with Crippen LogP contribution in [0.5, 0.6) is 0 Å². The highest BCUT2D eigenvalue weighted by Gasteiger charge is 2.23. The first-order valence-electron chi connectivity index (χ1n) is 20.0. The second-order valence-corrected chi connectivity index (χ2v) is 20.3. The average Bonchev–Trinajstić information content (AvgIpc) is 3.99. The standard InChI is InChI=1S/C23H22N4O3S.C22H25N7O3S.2CH4.5H2/c1-14(2)31(28,29)18-8-9-20(25-13-18)17-10-19(23(24)26-12-17)22-11-21(27-30-22)16-6-4-15(3)5-7-16;1-13(2)33(30,31)19-12-25-18(11-26-19)16-8-17(20(23)27-10-16)22-29-28-21(32-22)15-6-4-14(5-7-15)9-24-3;;;;;;;/h4-14H,1-3H3,(H2,24,26);4-8,10-13,24,30-31H,9H2,1-3H3,(H2,23,27);2*1H4;5*1H. The van der Waals surface area contributed by atoms with Gasteiger partial charge in [-0.3, -0.25) is 19.1 Å². The fraction of sp³-hybridized carbons (Fsp3) is 0.234. The van der Waals surface area contributed by atoms with Crippen LogP contribution in [0.4, 0.5) is 11.6 Å². The first-order chi connectivity index (χ1) is 30.5. The van der Waals surface area contributed by atoms with Crippen LogP contribution < -0.4 is 16.8 Å². The van der Waals surface area contributed by atoms with Gasteiger partial charge < -0.3 is 25.7 Å². The Labute approximate surface area is 393 Å². The van der Waals surface area contributed by atoms with Crippen LogP contribution in [-0.4, -0.2) is 75.3 Å². The summed E-state index contributed by atoms with van der Waals surface area (Å²) in [6.45, 7) is 9.51. The van der Waals surface area contributed by atoms with Gasteiger partial charge in [0.05, 0.1) is 45.1 Å². The summed E-state index contributed by atoms with van der Waals surface area (Å²) in [6, 6.07) is 24.4. The van der Waals surface area contributed by atoms with E-state index in [1.54, 1.807) is 64.4 Å². The van der Waals surface area contributed by atoms with Crippen molar-refractivity contribution in [3.63, 3.8) is 0 Å². The third kappa shape index (κ3) is 11.0. The lowest BCUT2D eigenvalue weighted by molar-refractivity contribution is 0.435. The molecule has 19 heteroatoms. The molecular weight excluding hydrogens is 879 g/mol. The van der Waals surface area contributed by atoms with Gasteiger partial charge in [-0.05, 0) is 83.6 Å². The van der Waals surface area contributed by atoms with Gasteiger partial charge in [0.15, 0.2) is 20.6 Å². The van der Waals surface area contributed by atoms with Crippen LogP contribution in [0.2, 0.25) is 0 Å². The van der Waals surface area contributed by atoms with Gasteiger partial charge in [-0.2, -0.15) is 0 Å². The van der Waals surface area contributed by atoms with Gasteiger partial charge in [0.1, 0.15) is 17.3 Å². The normalized spacial score (nSPS) is 11.7. The van der Waals surface area contributed by atoms with Crippen molar-refractivity contribution in [1.29, 1.82) is 0 Å². The number of benzene rings is 2. The van der Waals surface area contributed by atoms with Crippen molar-refractivity contribution in [3.05, 3.63) is 121 Å². The molecule has 0 unspecified atom stereocenters. The van der Waals surface area contributed by atoms with E-state index in [4.69, 9.17) is 20.4 Å². The molecule has 0 saturated carbocycles. The third-order valence-electron chi connectivity index (χ3n) is 10.1. The molecule has 66 heavy (non-hydrogen) atoms. The largest absolute Gasteiger partial charge is 0.416 e. The summed E-state index contributed by atoms with van der Waals surface area (Å²) < 4.78 is 56.6. The third-order valence-corrected chi connectivity index (χ3v) is 14.3. The van der Waals surface area contributed by atoms with Gasteiger partial charge >= 0.3 is 0 Å². The SMILES string of the molecule is C.C.CNCc1ccc(-c2nnc(-c3cc(-c4cnc(S(O)(O)C(C)C)cn4)cnc3N)o2)cc1.Cc1ccc(-c2cc(-c3cc(-c4ccc(S(=O)(=O)C(C)C)cn4)cnc3N)on2)cc1.[HH].[HH].[HH].[HH].[HH]. The highest BCUT2D eigenvalue weighted by Crippen LogP contribution is 2.50. The van der Waals surface area contributed by atoms with Crippen molar-refractivity contribution >= 4 is 32.1 Å². The summed E-state index contributed by atoms with van der Waals surface area (Å²) in [6.07, 6.45) is 7.35. The summed E-state index contributed by atoms with van der Waals surface area (Å²) in [7, 11) is -4.50. The quantitative estimate of drug-likeness (QED) is 0.0762. The molecule has 0 aliphatic carbocycles. The summed E-state index contributed by atoms with van der Waals surface area (Å²) in [5.41, 5.74) is 20.3. The minimum atomic E-state index is -3.38. The molecule has 0 aliphatic rings. The molecule has 8 aromatic rings. The van der Waals surface area contributed by atoms with Gasteiger partial charge in [-0.15, -0.1) is 20.8 Å². The van der Waals surface area contributed by atoms with Crippen molar-refractivity contribution < 1.29 is 33.6 Å². The van der Waals surface area contributed by atoms with Crippen molar-refractivity contribution in [2.75, 3.05) is 18.5 Å². The van der Waals surface area contributed by atoms with E-state index in [1.807, 2.05) is 68.6 Å². The van der Waals surface area contributed by atoms with E-state index in [9.17, 15) is 17.5 Å². The number of aromatic nitrogens is 8. The van der Waals surface area contributed by atoms with Gasteiger partial charge in [0.2, 0.25) is 5.89 Å². The van der Waals surface area contributed by atoms with Crippen LogP contribution in [0.15, 0.2) is 129 Å². The Bertz CT molecular complexity index is 3000. The Morgan fingerprint density at radius 2 is 1.26 bits per heavy atom. The Hall–Kier alpha value is -6.90. The van der Waals surface area contributed by atoms with Gasteiger partial charge in [0.25, 0.3) is 5.89 Å². The molecule has 6 aromatic heterocycles. The molecule has 6 heterocycles. The zero-order valence-electron chi connectivity index (χ0n) is 35.8. The first-order valence-corrected chi connectivity index (χ1v) is 23.1. The topological polar surface area (TPSA) is 268 Å². The minimum Gasteiger partial charge on any atom is -0.416 e. The molecule has 0 radical (unpaired) electrons. The van der Waals surface area contributed by atoms with Crippen LogP contribution in [0.1, 0.15) is 60.8 Å². The predicted octanol–water partition coefficient (Wildman–Crippen LogP) is 11.1. The number of sulfone groups is 1. The number of nitrogens with zero attached hydrogens (tertiary/aromatic N) is 8. The lowest BCUT2D eigenvalue weighted by Crippen LogP contribution is -2.14. The number of pyridine rings is 3. The number of nitrogens with one attached hydrogen (secondary N) is 1. The lowest BCUT2D eigenvalue weighted by Gasteiger charge is -2.34. The zero-order chi connectivity index (χ0) is 45.8. The van der Waals surface area contributed by atoms with Crippen molar-refractivity contribution in [1.82, 2.24) is 45.6 Å². The molecule has 0 fully saturated rings. The molecule has 0 aliphatic heterocycles. The highest BCUT2D eigenvalue weighted by atomic mass is 32.3. The number of aryl methyl sites for hydroxylation is 1. The number of nitrogen functional groups attached to an aromatic ring is 2. The van der Waals surface area contributed by atoms with Crippen molar-refractivity contribution in [3.8, 4) is 68.0 Å². The Morgan fingerprint density at radius 1 is 0.652 bits per heavy atom. The van der Waals surface area contributed by atoms with E-state index in [-0.39, 0.29) is 48.9 Å². The van der Waals surface area contributed by atoms with E-state index >= 15 is 0 Å². The van der Waals surface area contributed by atoms with Crippen LogP contribution in [0, 0.1) is 6.92 Å². The van der Waals surface area contributed by atoms with Crippen molar-refractivity contribution in [2.45, 2.75) is 76.4 Å². The molecule has 356 valence electrons. The summed E-state index contributed by atoms with van der Waals surface area (Å²) in [5.74, 6) is 1.62. The molecule has 2 aromatic carbocycles. The molecule has 0 spiro atoms. The predicted molar refractivity (Wildman–Crippen MR) is 271 cm³/mol. The van der Waals surface area contributed by atoms with E-state index in [0.717, 1.165) is 28.8 Å². The van der Waals surface area contributed by atoms with Crippen molar-refractivity contribution in [2.24, 2.45) is 0 Å². The molecule has 7 N–H and O–H groups in total. The Kier molecular flexibility index (Phi) is 15.9. The molecule has 0 atom stereocenters. The number of hydrogen-bond acceptors (Lipinski definition) is 17. The van der Waals surface area contributed by atoms with E-state index in [2.05, 4.69) is 45.6 Å². The van der Waals surface area contributed by atoms with Crippen LogP contribution >= 0.6 is 10.6 Å². The number of rotatable bonds is 12. The number of anilines is 2. The molecule has 0 saturated heterocycles. The molecule has 0 bridgehead atoms. The number of nitrogens with two attached hydrogens (primary N) is 2. The second kappa shape index (κ2) is 20.9. The second-order valence-electron chi connectivity index (χ2n) is 15.3. The Morgan fingerprint density at radius 3 is 1.85 bits per heavy atom. The Balaban J connectivity index is 0.00000126. The molecule has 8 rings (SSSR count).